The number of hydrogen-bond acceptors (Lipinski definition) is 5. The highest BCUT2D eigenvalue weighted by atomic mass is 31.2. The zero-order valence-electron chi connectivity index (χ0n) is 15.8. The second kappa shape index (κ2) is 8.59. The van der Waals surface area contributed by atoms with E-state index in [0.29, 0.717) is 32.4 Å². The van der Waals surface area contributed by atoms with Crippen LogP contribution in [0.1, 0.15) is 27.2 Å². The van der Waals surface area contributed by atoms with E-state index < -0.39 is 13.0 Å². The zero-order chi connectivity index (χ0) is 18.3. The van der Waals surface area contributed by atoms with Crippen molar-refractivity contribution in [2.75, 3.05) is 33.2 Å². The first-order chi connectivity index (χ1) is 12.0. The standard InChI is InChI=1S/C18H29O5P/c1-5-23-24(4,19)12-11-18(2)17(16(20-3)14-22-18)21-13-15-9-7-6-8-10-15/h6-10,16-17H,5,11-14H2,1-4H3/t16-,17?,18+,24?/m1/s1/i2D. The maximum absolute atomic E-state index is 12.5. The Morgan fingerprint density at radius 3 is 2.79 bits per heavy atom. The Morgan fingerprint density at radius 1 is 1.42 bits per heavy atom. The molecule has 1 aliphatic rings. The van der Waals surface area contributed by atoms with E-state index >= 15 is 0 Å². The largest absolute Gasteiger partial charge is 0.376 e. The van der Waals surface area contributed by atoms with E-state index in [1.807, 2.05) is 37.3 Å². The first kappa shape index (κ1) is 18.1. The highest BCUT2D eigenvalue weighted by Crippen LogP contribution is 2.46. The van der Waals surface area contributed by atoms with Gasteiger partial charge >= 0.3 is 0 Å². The van der Waals surface area contributed by atoms with Crippen molar-refractivity contribution in [2.45, 2.75) is 44.7 Å². The van der Waals surface area contributed by atoms with Gasteiger partial charge in [0.15, 0.2) is 7.37 Å². The molecule has 136 valence electrons. The van der Waals surface area contributed by atoms with Crippen LogP contribution in [0, 0.1) is 0 Å². The minimum Gasteiger partial charge on any atom is -0.376 e. The molecule has 1 saturated heterocycles. The summed E-state index contributed by atoms with van der Waals surface area (Å²) in [6.45, 7) is 4.70. The average molecular weight is 357 g/mol. The summed E-state index contributed by atoms with van der Waals surface area (Å²) in [5.74, 6) is 0. The van der Waals surface area contributed by atoms with Crippen LogP contribution < -0.4 is 0 Å². The summed E-state index contributed by atoms with van der Waals surface area (Å²) in [4.78, 5) is 0. The second-order valence-electron chi connectivity index (χ2n) is 6.27. The Bertz CT molecular complexity index is 570. The molecule has 5 nitrogen and oxygen atoms in total. The summed E-state index contributed by atoms with van der Waals surface area (Å²) in [6, 6.07) is 9.88. The highest BCUT2D eigenvalue weighted by Gasteiger charge is 2.48. The van der Waals surface area contributed by atoms with Crippen molar-refractivity contribution in [1.82, 2.24) is 0 Å². The van der Waals surface area contributed by atoms with Crippen molar-refractivity contribution in [3.8, 4) is 0 Å². The summed E-state index contributed by atoms with van der Waals surface area (Å²) in [5.41, 5.74) is 0.233. The third kappa shape index (κ3) is 5.14. The Labute approximate surface area is 146 Å². The Hall–Kier alpha value is -0.710. The predicted octanol–water partition coefficient (Wildman–Crippen LogP) is 3.71. The van der Waals surface area contributed by atoms with E-state index in [1.165, 1.54) is 0 Å². The van der Waals surface area contributed by atoms with Gasteiger partial charge < -0.3 is 18.7 Å². The van der Waals surface area contributed by atoms with Crippen molar-refractivity contribution in [3.05, 3.63) is 35.9 Å². The highest BCUT2D eigenvalue weighted by molar-refractivity contribution is 7.58. The smallest absolute Gasteiger partial charge is 0.200 e. The Balaban J connectivity index is 2.09. The molecule has 1 aromatic carbocycles. The SMILES string of the molecule is [2H]C[C@@]1(CCP(C)(=O)OCC)OC[C@@H](OC)C1OCc1ccccc1. The van der Waals surface area contributed by atoms with Crippen molar-refractivity contribution in [3.63, 3.8) is 0 Å². The third-order valence-corrected chi connectivity index (χ3v) is 6.15. The lowest BCUT2D eigenvalue weighted by Crippen LogP contribution is -2.43. The average Bonchev–Trinajstić information content (AvgIpc) is 2.97. The van der Waals surface area contributed by atoms with Gasteiger partial charge in [-0.3, -0.25) is 4.57 Å². The normalized spacial score (nSPS) is 30.0. The second-order valence-corrected chi connectivity index (χ2v) is 9.01. The minimum absolute atomic E-state index is 0.0262. The van der Waals surface area contributed by atoms with Crippen LogP contribution in [0.3, 0.4) is 0 Å². The molecular weight excluding hydrogens is 327 g/mol. The van der Waals surface area contributed by atoms with Crippen molar-refractivity contribution < 1.29 is 24.7 Å². The minimum atomic E-state index is -2.69. The molecule has 2 rings (SSSR count). The number of benzene rings is 1. The predicted molar refractivity (Wildman–Crippen MR) is 94.8 cm³/mol. The van der Waals surface area contributed by atoms with Gasteiger partial charge in [-0.25, -0.2) is 0 Å². The van der Waals surface area contributed by atoms with Crippen LogP contribution in [0.25, 0.3) is 0 Å². The van der Waals surface area contributed by atoms with Gasteiger partial charge in [-0.15, -0.1) is 0 Å². The van der Waals surface area contributed by atoms with Gasteiger partial charge in [-0.1, -0.05) is 30.3 Å². The van der Waals surface area contributed by atoms with Gasteiger partial charge in [0.25, 0.3) is 0 Å². The van der Waals surface area contributed by atoms with Gasteiger partial charge in [-0.2, -0.15) is 0 Å². The first-order valence-corrected chi connectivity index (χ1v) is 10.5. The zero-order valence-corrected chi connectivity index (χ0v) is 15.7. The first-order valence-electron chi connectivity index (χ1n) is 8.99. The third-order valence-electron chi connectivity index (χ3n) is 4.31. The maximum atomic E-state index is 12.5. The van der Waals surface area contributed by atoms with E-state index in [1.54, 1.807) is 13.8 Å². The molecule has 0 bridgehead atoms. The van der Waals surface area contributed by atoms with Crippen LogP contribution >= 0.6 is 7.37 Å². The van der Waals surface area contributed by atoms with Gasteiger partial charge in [0, 0.05) is 21.3 Å². The monoisotopic (exact) mass is 357 g/mol. The number of rotatable bonds is 9. The summed E-state index contributed by atoms with van der Waals surface area (Å²) in [7, 11) is -1.07. The lowest BCUT2D eigenvalue weighted by atomic mass is 9.94. The number of hydrogen-bond donors (Lipinski definition) is 0. The molecule has 0 aromatic heterocycles. The van der Waals surface area contributed by atoms with Crippen LogP contribution in [-0.4, -0.2) is 51.0 Å². The molecule has 0 spiro atoms. The summed E-state index contributed by atoms with van der Waals surface area (Å²) in [6.07, 6.45) is 0.194. The molecule has 0 aliphatic carbocycles. The number of methoxy groups -OCH3 is 1. The fraction of sp³-hybridized carbons (Fsp3) is 0.667. The summed E-state index contributed by atoms with van der Waals surface area (Å²) >= 11 is 0. The molecule has 1 aromatic rings. The molecule has 0 saturated carbocycles. The van der Waals surface area contributed by atoms with E-state index in [-0.39, 0.29) is 19.1 Å². The van der Waals surface area contributed by atoms with Gasteiger partial charge in [-0.05, 0) is 25.8 Å². The van der Waals surface area contributed by atoms with Crippen molar-refractivity contribution >= 4 is 7.37 Å². The van der Waals surface area contributed by atoms with Crippen LogP contribution in [0.5, 0.6) is 0 Å². The lowest BCUT2D eigenvalue weighted by molar-refractivity contribution is -0.100. The molecule has 1 fully saturated rings. The van der Waals surface area contributed by atoms with Gasteiger partial charge in [0.05, 0.1) is 25.4 Å². The topological polar surface area (TPSA) is 54.0 Å². The quantitative estimate of drug-likeness (QED) is 0.631. The molecule has 6 heteroatoms. The van der Waals surface area contributed by atoms with E-state index in [9.17, 15) is 4.57 Å². The summed E-state index contributed by atoms with van der Waals surface area (Å²) in [5, 5.41) is 0. The molecule has 0 amide bonds. The fourth-order valence-electron chi connectivity index (χ4n) is 2.91. The Morgan fingerprint density at radius 2 is 2.17 bits per heavy atom. The van der Waals surface area contributed by atoms with Crippen molar-refractivity contribution in [1.29, 1.82) is 0 Å². The van der Waals surface area contributed by atoms with Gasteiger partial charge in [0.2, 0.25) is 0 Å². The van der Waals surface area contributed by atoms with Crippen LogP contribution in [0.15, 0.2) is 30.3 Å². The molecule has 0 N–H and O–H groups in total. The van der Waals surface area contributed by atoms with Crippen LogP contribution in [0.2, 0.25) is 0 Å². The van der Waals surface area contributed by atoms with E-state index in [0.717, 1.165) is 5.56 Å². The molecule has 1 heterocycles. The number of ether oxygens (including phenoxy) is 3. The van der Waals surface area contributed by atoms with Gasteiger partial charge in [0.1, 0.15) is 12.2 Å². The summed E-state index contributed by atoms with van der Waals surface area (Å²) < 4.78 is 43.5. The Kier molecular flexibility index (Phi) is 6.48. The lowest BCUT2D eigenvalue weighted by Gasteiger charge is -2.32. The molecule has 0 radical (unpaired) electrons. The van der Waals surface area contributed by atoms with Crippen LogP contribution in [0.4, 0.5) is 0 Å². The molecular formula is C18H29O5P. The molecule has 2 unspecified atom stereocenters. The fourth-order valence-corrected chi connectivity index (χ4v) is 4.37. The van der Waals surface area contributed by atoms with Crippen LogP contribution in [-0.2, 0) is 29.9 Å². The van der Waals surface area contributed by atoms with Crippen molar-refractivity contribution in [2.24, 2.45) is 0 Å². The molecule has 24 heavy (non-hydrogen) atoms. The molecule has 1 aliphatic heterocycles. The maximum Gasteiger partial charge on any atom is 0.200 e. The molecule has 4 atom stereocenters. The van der Waals surface area contributed by atoms with E-state index in [2.05, 4.69) is 0 Å². The van der Waals surface area contributed by atoms with E-state index in [4.69, 9.17) is 20.1 Å².